The van der Waals surface area contributed by atoms with Crippen LogP contribution >= 0.6 is 0 Å². The fourth-order valence-electron chi connectivity index (χ4n) is 1.99. The minimum absolute atomic E-state index is 0.256. The molecule has 0 saturated heterocycles. The maximum Gasteiger partial charge on any atom is 0.342 e. The van der Waals surface area contributed by atoms with Gasteiger partial charge in [-0.2, -0.15) is 0 Å². The number of hydrogen-bond acceptors (Lipinski definition) is 3. The second-order valence-corrected chi connectivity index (χ2v) is 4.65. The maximum atomic E-state index is 11.8. The lowest BCUT2D eigenvalue weighted by atomic mass is 9.93. The summed E-state index contributed by atoms with van der Waals surface area (Å²) in [6, 6.07) is -0.0275. The second kappa shape index (κ2) is 5.77. The molecule has 3 N–H and O–H groups in total. The molecule has 19 heavy (non-hydrogen) atoms. The van der Waals surface area contributed by atoms with Crippen LogP contribution in [-0.2, 0) is 4.74 Å². The fraction of sp³-hybridized carbons (Fsp3) is 0.538. The molecular formula is C13H19N3O3. The number of H-pyrrole nitrogens is 1. The Morgan fingerprint density at radius 3 is 2.79 bits per heavy atom. The van der Waals surface area contributed by atoms with Gasteiger partial charge in [-0.3, -0.25) is 0 Å². The number of anilines is 1. The number of urea groups is 1. The van der Waals surface area contributed by atoms with Crippen LogP contribution in [0.1, 0.15) is 42.2 Å². The smallest absolute Gasteiger partial charge is 0.342 e. The van der Waals surface area contributed by atoms with E-state index < -0.39 is 5.97 Å². The number of hydrogen-bond donors (Lipinski definition) is 3. The molecule has 0 radical (unpaired) electrons. The summed E-state index contributed by atoms with van der Waals surface area (Å²) in [7, 11) is 0. The summed E-state index contributed by atoms with van der Waals surface area (Å²) in [4.78, 5) is 26.5. The molecule has 6 heteroatoms. The summed E-state index contributed by atoms with van der Waals surface area (Å²) in [5.41, 5.74) is 1.51. The van der Waals surface area contributed by atoms with Crippen molar-refractivity contribution in [3.63, 3.8) is 0 Å². The van der Waals surface area contributed by atoms with Crippen molar-refractivity contribution in [3.05, 3.63) is 17.5 Å². The van der Waals surface area contributed by atoms with Crippen LogP contribution < -0.4 is 10.6 Å². The van der Waals surface area contributed by atoms with Gasteiger partial charge in [-0.05, 0) is 33.1 Å². The van der Waals surface area contributed by atoms with Gasteiger partial charge in [0.1, 0.15) is 5.56 Å². The van der Waals surface area contributed by atoms with Gasteiger partial charge in [0.25, 0.3) is 0 Å². The standard InChI is InChI=1S/C13H19N3O3/c1-3-19-12(17)11-8(2)14-7-10(11)16-13(18)15-9-5-4-6-9/h7,9,14H,3-6H2,1-2H3,(H2,15,16,18). The topological polar surface area (TPSA) is 83.2 Å². The first-order valence-electron chi connectivity index (χ1n) is 6.54. The summed E-state index contributed by atoms with van der Waals surface area (Å²) in [6.45, 7) is 3.81. The van der Waals surface area contributed by atoms with E-state index in [0.717, 1.165) is 19.3 Å². The molecule has 1 saturated carbocycles. The number of rotatable bonds is 4. The minimum atomic E-state index is -0.430. The van der Waals surface area contributed by atoms with Crippen molar-refractivity contribution in [2.45, 2.75) is 39.2 Å². The van der Waals surface area contributed by atoms with Gasteiger partial charge in [-0.25, -0.2) is 9.59 Å². The molecule has 104 valence electrons. The number of aromatic nitrogens is 1. The highest BCUT2D eigenvalue weighted by molar-refractivity contribution is 6.01. The lowest BCUT2D eigenvalue weighted by Gasteiger charge is -2.26. The molecule has 2 rings (SSSR count). The second-order valence-electron chi connectivity index (χ2n) is 4.65. The molecule has 0 bridgehead atoms. The van der Waals surface area contributed by atoms with Gasteiger partial charge in [0.05, 0.1) is 12.3 Å². The summed E-state index contributed by atoms with van der Waals surface area (Å²) < 4.78 is 4.97. The number of aromatic amines is 1. The average molecular weight is 265 g/mol. The van der Waals surface area contributed by atoms with E-state index in [-0.39, 0.29) is 12.1 Å². The van der Waals surface area contributed by atoms with Crippen molar-refractivity contribution < 1.29 is 14.3 Å². The van der Waals surface area contributed by atoms with Gasteiger partial charge in [-0.15, -0.1) is 0 Å². The number of esters is 1. The molecule has 1 fully saturated rings. The van der Waals surface area contributed by atoms with Crippen LogP contribution in [0.15, 0.2) is 6.20 Å². The molecule has 0 atom stereocenters. The SMILES string of the molecule is CCOC(=O)c1c(NC(=O)NC2CCC2)c[nH]c1C. The number of aryl methyl sites for hydroxylation is 1. The number of amides is 2. The Kier molecular flexibility index (Phi) is 4.09. The average Bonchev–Trinajstić information content (AvgIpc) is 2.65. The first-order valence-corrected chi connectivity index (χ1v) is 6.54. The number of carbonyl (C=O) groups is 2. The summed E-state index contributed by atoms with van der Waals surface area (Å²) in [5.74, 6) is -0.430. The summed E-state index contributed by atoms with van der Waals surface area (Å²) in [5, 5.41) is 5.54. The number of nitrogens with one attached hydrogen (secondary N) is 3. The van der Waals surface area contributed by atoms with Crippen LogP contribution in [0, 0.1) is 6.92 Å². The van der Waals surface area contributed by atoms with Gasteiger partial charge in [0.15, 0.2) is 0 Å². The maximum absolute atomic E-state index is 11.8. The Morgan fingerprint density at radius 2 is 2.21 bits per heavy atom. The highest BCUT2D eigenvalue weighted by Gasteiger charge is 2.22. The predicted molar refractivity (Wildman–Crippen MR) is 71.3 cm³/mol. The molecule has 2 amide bonds. The van der Waals surface area contributed by atoms with Gasteiger partial charge in [0, 0.05) is 17.9 Å². The zero-order valence-electron chi connectivity index (χ0n) is 11.2. The molecule has 0 aliphatic heterocycles. The Balaban J connectivity index is 2.02. The van der Waals surface area contributed by atoms with E-state index in [1.165, 1.54) is 0 Å². The Bertz CT molecular complexity index is 477. The third-order valence-corrected chi connectivity index (χ3v) is 3.25. The summed E-state index contributed by atoms with van der Waals surface area (Å²) >= 11 is 0. The first kappa shape index (κ1) is 13.5. The zero-order valence-corrected chi connectivity index (χ0v) is 11.2. The molecule has 6 nitrogen and oxygen atoms in total. The van der Waals surface area contributed by atoms with Gasteiger partial charge < -0.3 is 20.4 Å². The zero-order chi connectivity index (χ0) is 13.8. The Labute approximate surface area is 111 Å². The van der Waals surface area contributed by atoms with E-state index in [9.17, 15) is 9.59 Å². The van der Waals surface area contributed by atoms with Crippen LogP contribution in [-0.4, -0.2) is 29.6 Å². The van der Waals surface area contributed by atoms with Gasteiger partial charge in [0.2, 0.25) is 0 Å². The molecule has 1 heterocycles. The van der Waals surface area contributed by atoms with Crippen molar-refractivity contribution in [2.75, 3.05) is 11.9 Å². The fourth-order valence-corrected chi connectivity index (χ4v) is 1.99. The van der Waals surface area contributed by atoms with Gasteiger partial charge >= 0.3 is 12.0 Å². The van der Waals surface area contributed by atoms with Crippen molar-refractivity contribution >= 4 is 17.7 Å². The molecule has 0 aromatic carbocycles. The highest BCUT2D eigenvalue weighted by Crippen LogP contribution is 2.21. The molecule has 1 aromatic heterocycles. The van der Waals surface area contributed by atoms with E-state index >= 15 is 0 Å². The normalized spacial score (nSPS) is 14.6. The Morgan fingerprint density at radius 1 is 1.47 bits per heavy atom. The van der Waals surface area contributed by atoms with Crippen LogP contribution in [0.2, 0.25) is 0 Å². The first-order chi connectivity index (χ1) is 9.11. The lowest BCUT2D eigenvalue weighted by molar-refractivity contribution is 0.0527. The Hall–Kier alpha value is -1.98. The third kappa shape index (κ3) is 3.07. The van der Waals surface area contributed by atoms with Crippen LogP contribution in [0.5, 0.6) is 0 Å². The molecule has 1 aliphatic rings. The van der Waals surface area contributed by atoms with E-state index in [2.05, 4.69) is 15.6 Å². The molecule has 1 aromatic rings. The van der Waals surface area contributed by atoms with E-state index in [1.54, 1.807) is 20.0 Å². The molecular weight excluding hydrogens is 246 g/mol. The largest absolute Gasteiger partial charge is 0.462 e. The minimum Gasteiger partial charge on any atom is -0.462 e. The molecule has 0 unspecified atom stereocenters. The quantitative estimate of drug-likeness (QED) is 0.729. The molecule has 0 spiro atoms. The molecule has 1 aliphatic carbocycles. The van der Waals surface area contributed by atoms with Crippen molar-refractivity contribution in [1.82, 2.24) is 10.3 Å². The van der Waals surface area contributed by atoms with Crippen molar-refractivity contribution in [2.24, 2.45) is 0 Å². The third-order valence-electron chi connectivity index (χ3n) is 3.25. The van der Waals surface area contributed by atoms with Crippen LogP contribution in [0.25, 0.3) is 0 Å². The van der Waals surface area contributed by atoms with Crippen LogP contribution in [0.3, 0.4) is 0 Å². The lowest BCUT2D eigenvalue weighted by Crippen LogP contribution is -2.42. The number of carbonyl (C=O) groups excluding carboxylic acids is 2. The monoisotopic (exact) mass is 265 g/mol. The van der Waals surface area contributed by atoms with Crippen molar-refractivity contribution in [1.29, 1.82) is 0 Å². The van der Waals surface area contributed by atoms with Crippen LogP contribution in [0.4, 0.5) is 10.5 Å². The van der Waals surface area contributed by atoms with E-state index in [4.69, 9.17) is 4.74 Å². The van der Waals surface area contributed by atoms with E-state index in [0.29, 0.717) is 23.6 Å². The van der Waals surface area contributed by atoms with Crippen molar-refractivity contribution in [3.8, 4) is 0 Å². The van der Waals surface area contributed by atoms with E-state index in [1.807, 2.05) is 0 Å². The highest BCUT2D eigenvalue weighted by atomic mass is 16.5. The summed E-state index contributed by atoms with van der Waals surface area (Å²) in [6.07, 6.45) is 4.79. The number of ether oxygens (including phenoxy) is 1. The van der Waals surface area contributed by atoms with Gasteiger partial charge in [-0.1, -0.05) is 0 Å². The predicted octanol–water partition coefficient (Wildman–Crippen LogP) is 2.17.